The minimum absolute atomic E-state index is 0.00840. The summed E-state index contributed by atoms with van der Waals surface area (Å²) < 4.78 is 48.6. The van der Waals surface area contributed by atoms with Crippen molar-refractivity contribution < 1.29 is 27.8 Å². The van der Waals surface area contributed by atoms with Crippen LogP contribution in [0.25, 0.3) is 0 Å². The number of hydrogen-bond acceptors (Lipinski definition) is 3. The lowest BCUT2D eigenvalue weighted by molar-refractivity contribution is -0.142. The first-order valence-electron chi connectivity index (χ1n) is 15.5. The van der Waals surface area contributed by atoms with E-state index in [9.17, 15) is 23.1 Å². The maximum atomic E-state index is 14.0. The summed E-state index contributed by atoms with van der Waals surface area (Å²) in [5, 5.41) is 9.73. The normalized spacial score (nSPS) is 28.7. The number of benzene rings is 2. The van der Waals surface area contributed by atoms with Crippen molar-refractivity contribution in [1.82, 2.24) is 4.90 Å². The highest BCUT2D eigenvalue weighted by molar-refractivity contribution is 5.71. The molecule has 2 aromatic rings. The van der Waals surface area contributed by atoms with Crippen molar-refractivity contribution in [3.8, 4) is 5.75 Å². The number of carbonyl (C=O) groups is 1. The molecular formula is C34H42F3NO3. The van der Waals surface area contributed by atoms with Crippen LogP contribution in [0.1, 0.15) is 105 Å². The van der Waals surface area contributed by atoms with E-state index in [1.807, 2.05) is 20.8 Å². The molecule has 7 heteroatoms. The molecule has 3 aliphatic heterocycles. The maximum Gasteiger partial charge on any atom is 0.416 e. The van der Waals surface area contributed by atoms with Crippen LogP contribution >= 0.6 is 0 Å². The van der Waals surface area contributed by atoms with Gasteiger partial charge in [-0.2, -0.15) is 13.2 Å². The summed E-state index contributed by atoms with van der Waals surface area (Å²) in [6.45, 7) is 5.64. The Hall–Kier alpha value is -2.54. The van der Waals surface area contributed by atoms with Crippen LogP contribution in [0.3, 0.4) is 0 Å². The highest BCUT2D eigenvalue weighted by atomic mass is 19.4. The van der Waals surface area contributed by atoms with Crippen LogP contribution in [0.4, 0.5) is 13.2 Å². The Labute approximate surface area is 241 Å². The van der Waals surface area contributed by atoms with Gasteiger partial charge >= 0.3 is 12.1 Å². The predicted molar refractivity (Wildman–Crippen MR) is 152 cm³/mol. The van der Waals surface area contributed by atoms with Crippen LogP contribution in [-0.4, -0.2) is 34.2 Å². The van der Waals surface area contributed by atoms with E-state index in [1.165, 1.54) is 11.6 Å². The van der Waals surface area contributed by atoms with Gasteiger partial charge in [-0.15, -0.1) is 0 Å². The molecular weight excluding hydrogens is 527 g/mol. The molecule has 2 aromatic carbocycles. The van der Waals surface area contributed by atoms with E-state index < -0.39 is 23.6 Å². The van der Waals surface area contributed by atoms with Gasteiger partial charge in [0.15, 0.2) is 0 Å². The standard InChI is InChI=1S/C34H42F3NO3/c1-19-7-13-29(34(35,36)37)28(15-19)21(3)38-26-5-4-6-27(38)17-25(16-26)30-14-12-22-8-11-24(18-31(22)41-30)32(23-9-10-23)20(2)33(39)40/h7-8,11,13,15,18,20-21,23,25-27,30,32H,4-6,9-10,12,14,16-17H2,1-3H3,(H,39,40)/t20-,21-,25?,26?,27?,30?,32-/m0/s1. The molecule has 1 N–H and O–H groups in total. The second kappa shape index (κ2) is 10.9. The smallest absolute Gasteiger partial charge is 0.416 e. The van der Waals surface area contributed by atoms with Crippen LogP contribution in [0, 0.1) is 24.7 Å². The van der Waals surface area contributed by atoms with E-state index in [0.717, 1.165) is 74.7 Å². The number of halogens is 3. The minimum atomic E-state index is -4.37. The monoisotopic (exact) mass is 569 g/mol. The van der Waals surface area contributed by atoms with Crippen LogP contribution in [0.15, 0.2) is 36.4 Å². The molecule has 6 rings (SSSR count). The number of carboxylic acid groups (broad SMARTS) is 1. The topological polar surface area (TPSA) is 49.8 Å². The molecule has 2 bridgehead atoms. The highest BCUT2D eigenvalue weighted by Gasteiger charge is 2.46. The van der Waals surface area contributed by atoms with Crippen molar-refractivity contribution in [2.75, 3.05) is 0 Å². The number of hydrogen-bond donors (Lipinski definition) is 1. The van der Waals surface area contributed by atoms with E-state index in [-0.39, 0.29) is 30.1 Å². The van der Waals surface area contributed by atoms with Gasteiger partial charge in [-0.3, -0.25) is 9.69 Å². The molecule has 6 atom stereocenters. The number of alkyl halides is 3. The van der Waals surface area contributed by atoms with Crippen molar-refractivity contribution in [2.45, 2.75) is 115 Å². The molecule has 1 saturated carbocycles. The van der Waals surface area contributed by atoms with Gasteiger partial charge in [-0.1, -0.05) is 43.2 Å². The molecule has 41 heavy (non-hydrogen) atoms. The minimum Gasteiger partial charge on any atom is -0.490 e. The quantitative estimate of drug-likeness (QED) is 0.364. The summed E-state index contributed by atoms with van der Waals surface area (Å²) in [7, 11) is 0. The number of carboxylic acids is 1. The van der Waals surface area contributed by atoms with E-state index in [2.05, 4.69) is 23.1 Å². The fourth-order valence-electron chi connectivity index (χ4n) is 8.37. The first-order valence-corrected chi connectivity index (χ1v) is 15.5. The molecule has 3 unspecified atom stereocenters. The lowest BCUT2D eigenvalue weighted by atomic mass is 9.73. The highest BCUT2D eigenvalue weighted by Crippen LogP contribution is 2.49. The number of aliphatic carboxylic acids is 1. The Morgan fingerprint density at radius 3 is 2.34 bits per heavy atom. The van der Waals surface area contributed by atoms with Crippen molar-refractivity contribution in [3.63, 3.8) is 0 Å². The van der Waals surface area contributed by atoms with Gasteiger partial charge in [-0.25, -0.2) is 0 Å². The summed E-state index contributed by atoms with van der Waals surface area (Å²) in [5.41, 5.74) is 2.99. The largest absolute Gasteiger partial charge is 0.490 e. The van der Waals surface area contributed by atoms with E-state index in [1.54, 1.807) is 12.1 Å². The zero-order chi connectivity index (χ0) is 29.1. The summed E-state index contributed by atoms with van der Waals surface area (Å²) in [5.74, 6) is 0.514. The van der Waals surface area contributed by atoms with Crippen LogP contribution in [0.2, 0.25) is 0 Å². The van der Waals surface area contributed by atoms with Gasteiger partial charge in [0.05, 0.1) is 11.5 Å². The van der Waals surface area contributed by atoms with Gasteiger partial charge in [0.25, 0.3) is 0 Å². The number of piperidine rings is 2. The summed E-state index contributed by atoms with van der Waals surface area (Å²) >= 11 is 0. The molecule has 222 valence electrons. The van der Waals surface area contributed by atoms with Crippen LogP contribution in [-0.2, 0) is 17.4 Å². The molecule has 3 fully saturated rings. The van der Waals surface area contributed by atoms with Gasteiger partial charge in [-0.05, 0) is 112 Å². The number of fused-ring (bicyclic) bond motifs is 3. The van der Waals surface area contributed by atoms with E-state index >= 15 is 0 Å². The second-order valence-electron chi connectivity index (χ2n) is 13.2. The number of aryl methyl sites for hydroxylation is 2. The first kappa shape index (κ1) is 28.6. The lowest BCUT2D eigenvalue weighted by Crippen LogP contribution is -2.55. The Bertz CT molecular complexity index is 1270. The predicted octanol–water partition coefficient (Wildman–Crippen LogP) is 8.32. The van der Waals surface area contributed by atoms with Crippen LogP contribution < -0.4 is 4.74 Å². The lowest BCUT2D eigenvalue weighted by Gasteiger charge is -2.53. The maximum absolute atomic E-state index is 14.0. The van der Waals surface area contributed by atoms with Gasteiger partial charge < -0.3 is 9.84 Å². The molecule has 0 aromatic heterocycles. The summed E-state index contributed by atoms with van der Waals surface area (Å²) in [6, 6.07) is 11.1. The van der Waals surface area contributed by atoms with Crippen molar-refractivity contribution in [3.05, 3.63) is 64.2 Å². The molecule has 4 aliphatic rings. The third-order valence-corrected chi connectivity index (χ3v) is 10.5. The zero-order valence-electron chi connectivity index (χ0n) is 24.3. The van der Waals surface area contributed by atoms with Crippen LogP contribution in [0.5, 0.6) is 5.75 Å². The Morgan fingerprint density at radius 1 is 1.00 bits per heavy atom. The van der Waals surface area contributed by atoms with Gasteiger partial charge in [0.1, 0.15) is 11.9 Å². The Morgan fingerprint density at radius 2 is 1.71 bits per heavy atom. The van der Waals surface area contributed by atoms with E-state index in [0.29, 0.717) is 17.4 Å². The fraction of sp³-hybridized carbons (Fsp3) is 0.618. The van der Waals surface area contributed by atoms with Crippen molar-refractivity contribution in [1.29, 1.82) is 0 Å². The Kier molecular flexibility index (Phi) is 7.63. The third-order valence-electron chi connectivity index (χ3n) is 10.5. The molecule has 4 nitrogen and oxygen atoms in total. The average Bonchev–Trinajstić information content (AvgIpc) is 3.76. The zero-order valence-corrected chi connectivity index (χ0v) is 24.3. The summed E-state index contributed by atoms with van der Waals surface area (Å²) in [4.78, 5) is 14.2. The fourth-order valence-corrected chi connectivity index (χ4v) is 8.37. The average molecular weight is 570 g/mol. The number of nitrogens with zero attached hydrogens (tertiary/aromatic N) is 1. The SMILES string of the molecule is Cc1ccc(C(F)(F)F)c([C@H](C)N2C3CCCC2CC(C2CCc4ccc([C@H](C5CC5)[C@H](C)C(=O)O)cc4O2)C3)c1. The first-order chi connectivity index (χ1) is 19.5. The third kappa shape index (κ3) is 5.63. The molecule has 3 heterocycles. The molecule has 2 saturated heterocycles. The van der Waals surface area contributed by atoms with Gasteiger partial charge in [0, 0.05) is 18.1 Å². The van der Waals surface area contributed by atoms with Gasteiger partial charge in [0.2, 0.25) is 0 Å². The van der Waals surface area contributed by atoms with Crippen molar-refractivity contribution >= 4 is 5.97 Å². The van der Waals surface area contributed by atoms with Crippen molar-refractivity contribution in [2.24, 2.45) is 17.8 Å². The number of ether oxygens (including phenoxy) is 1. The second-order valence-corrected chi connectivity index (χ2v) is 13.2. The molecule has 0 radical (unpaired) electrons. The number of rotatable bonds is 7. The molecule has 0 spiro atoms. The Balaban J connectivity index is 1.20. The molecule has 1 aliphatic carbocycles. The van der Waals surface area contributed by atoms with E-state index in [4.69, 9.17) is 4.74 Å². The molecule has 0 amide bonds. The summed E-state index contributed by atoms with van der Waals surface area (Å²) in [6.07, 6.45) is 4.77.